The fraction of sp³-hybridized carbons (Fsp3) is 0.429. The Bertz CT molecular complexity index is 502. The van der Waals surface area contributed by atoms with Crippen LogP contribution in [-0.2, 0) is 9.59 Å². The molecule has 1 aliphatic heterocycles. The molecule has 1 aliphatic rings. The van der Waals surface area contributed by atoms with Crippen molar-refractivity contribution < 1.29 is 19.8 Å². The number of carbonyl (C=O) groups is 2. The Morgan fingerprint density at radius 3 is 2.50 bits per heavy atom. The smallest absolute Gasteiger partial charge is 0.321 e. The van der Waals surface area contributed by atoms with E-state index in [1.807, 2.05) is 31.2 Å². The van der Waals surface area contributed by atoms with Crippen molar-refractivity contribution >= 4 is 23.7 Å². The Kier molecular flexibility index (Phi) is 4.67. The summed E-state index contributed by atoms with van der Waals surface area (Å²) in [7, 11) is 0. The maximum Gasteiger partial charge on any atom is 0.321 e. The molecule has 3 atom stereocenters. The van der Waals surface area contributed by atoms with Gasteiger partial charge in [-0.05, 0) is 19.1 Å². The molecule has 0 amide bonds. The molecule has 2 unspecified atom stereocenters. The minimum absolute atomic E-state index is 0.0464. The van der Waals surface area contributed by atoms with Gasteiger partial charge in [0.05, 0.1) is 6.42 Å². The Morgan fingerprint density at radius 1 is 1.30 bits per heavy atom. The Balaban J connectivity index is 2.11. The average Bonchev–Trinajstić information content (AvgIpc) is 2.75. The van der Waals surface area contributed by atoms with Crippen molar-refractivity contribution in [3.63, 3.8) is 0 Å². The van der Waals surface area contributed by atoms with Gasteiger partial charge in [0.2, 0.25) is 0 Å². The van der Waals surface area contributed by atoms with Crippen molar-refractivity contribution in [1.82, 2.24) is 5.32 Å². The molecule has 108 valence electrons. The van der Waals surface area contributed by atoms with Crippen LogP contribution < -0.4 is 5.32 Å². The number of aryl methyl sites for hydroxylation is 1. The summed E-state index contributed by atoms with van der Waals surface area (Å²) in [5.41, 5.74) is 1.16. The van der Waals surface area contributed by atoms with Crippen LogP contribution in [0.25, 0.3) is 0 Å². The molecule has 1 heterocycles. The van der Waals surface area contributed by atoms with Gasteiger partial charge < -0.3 is 15.5 Å². The van der Waals surface area contributed by atoms with E-state index in [2.05, 4.69) is 5.32 Å². The van der Waals surface area contributed by atoms with Crippen molar-refractivity contribution in [2.45, 2.75) is 29.5 Å². The summed E-state index contributed by atoms with van der Waals surface area (Å²) < 4.78 is 0. The van der Waals surface area contributed by atoms with Crippen molar-refractivity contribution in [3.05, 3.63) is 29.8 Å². The van der Waals surface area contributed by atoms with Gasteiger partial charge in [-0.2, -0.15) is 0 Å². The van der Waals surface area contributed by atoms with Gasteiger partial charge in [-0.1, -0.05) is 17.7 Å². The monoisotopic (exact) mass is 295 g/mol. The Morgan fingerprint density at radius 2 is 1.95 bits per heavy atom. The summed E-state index contributed by atoms with van der Waals surface area (Å²) in [6, 6.07) is 7.16. The highest BCUT2D eigenvalue weighted by Crippen LogP contribution is 2.35. The van der Waals surface area contributed by atoms with Crippen LogP contribution in [0.2, 0.25) is 0 Å². The number of benzene rings is 1. The lowest BCUT2D eigenvalue weighted by Crippen LogP contribution is -2.37. The molecular formula is C14H17NO4S. The van der Waals surface area contributed by atoms with Crippen LogP contribution in [0, 0.1) is 12.8 Å². The fourth-order valence-corrected chi connectivity index (χ4v) is 3.65. The SMILES string of the molecule is Cc1ccc(SC2CNC(C(=O)O)[C@H]2CC(=O)O)cc1. The molecule has 3 N–H and O–H groups in total. The van der Waals surface area contributed by atoms with E-state index in [0.717, 1.165) is 10.5 Å². The first-order valence-electron chi connectivity index (χ1n) is 6.38. The zero-order chi connectivity index (χ0) is 14.7. The fourth-order valence-electron chi connectivity index (χ4n) is 2.40. The molecule has 20 heavy (non-hydrogen) atoms. The van der Waals surface area contributed by atoms with Crippen LogP contribution in [-0.4, -0.2) is 40.0 Å². The Labute approximate surface area is 121 Å². The third-order valence-electron chi connectivity index (χ3n) is 3.43. The predicted octanol–water partition coefficient (Wildman–Crippen LogP) is 1.60. The third kappa shape index (κ3) is 3.52. The standard InChI is InChI=1S/C14H17NO4S/c1-8-2-4-9(5-3-8)20-11-7-15-13(14(18)19)10(11)6-12(16)17/h2-5,10-11,13,15H,6-7H2,1H3,(H,16,17)(H,18,19)/t10-,11?,13?/m0/s1. The van der Waals surface area contributed by atoms with Crippen molar-refractivity contribution in [2.24, 2.45) is 5.92 Å². The van der Waals surface area contributed by atoms with Gasteiger partial charge in [0, 0.05) is 22.6 Å². The highest BCUT2D eigenvalue weighted by atomic mass is 32.2. The van der Waals surface area contributed by atoms with Crippen LogP contribution in [0.5, 0.6) is 0 Å². The number of hydrogen-bond acceptors (Lipinski definition) is 4. The maximum atomic E-state index is 11.2. The molecule has 6 heteroatoms. The van der Waals surface area contributed by atoms with Crippen LogP contribution in [0.3, 0.4) is 0 Å². The van der Waals surface area contributed by atoms with Crippen LogP contribution >= 0.6 is 11.8 Å². The van der Waals surface area contributed by atoms with E-state index in [1.54, 1.807) is 11.8 Å². The molecule has 1 aromatic rings. The highest BCUT2D eigenvalue weighted by Gasteiger charge is 2.41. The molecule has 0 aliphatic carbocycles. The van der Waals surface area contributed by atoms with E-state index in [9.17, 15) is 9.59 Å². The first kappa shape index (κ1) is 14.9. The molecule has 5 nitrogen and oxygen atoms in total. The highest BCUT2D eigenvalue weighted by molar-refractivity contribution is 8.00. The van der Waals surface area contributed by atoms with Crippen LogP contribution in [0.15, 0.2) is 29.2 Å². The number of carboxylic acids is 2. The number of nitrogens with one attached hydrogen (secondary N) is 1. The van der Waals surface area contributed by atoms with E-state index < -0.39 is 23.9 Å². The maximum absolute atomic E-state index is 11.2. The van der Waals surface area contributed by atoms with Gasteiger partial charge in [-0.3, -0.25) is 9.59 Å². The van der Waals surface area contributed by atoms with Crippen LogP contribution in [0.4, 0.5) is 0 Å². The van der Waals surface area contributed by atoms with E-state index in [-0.39, 0.29) is 11.7 Å². The summed E-state index contributed by atoms with van der Waals surface area (Å²) >= 11 is 1.54. The minimum Gasteiger partial charge on any atom is -0.481 e. The molecule has 0 spiro atoms. The largest absolute Gasteiger partial charge is 0.481 e. The normalized spacial score (nSPS) is 25.6. The van der Waals surface area contributed by atoms with Gasteiger partial charge in [0.25, 0.3) is 0 Å². The topological polar surface area (TPSA) is 86.6 Å². The van der Waals surface area contributed by atoms with Gasteiger partial charge in [0.1, 0.15) is 6.04 Å². The second-order valence-corrected chi connectivity index (χ2v) is 6.27. The zero-order valence-electron chi connectivity index (χ0n) is 11.1. The number of hydrogen-bond donors (Lipinski definition) is 3. The van der Waals surface area contributed by atoms with E-state index >= 15 is 0 Å². The second-order valence-electron chi connectivity index (χ2n) is 4.96. The second kappa shape index (κ2) is 6.28. The molecular weight excluding hydrogens is 278 g/mol. The molecule has 0 radical (unpaired) electrons. The van der Waals surface area contributed by atoms with E-state index in [1.165, 1.54) is 0 Å². The summed E-state index contributed by atoms with van der Waals surface area (Å²) in [4.78, 5) is 23.1. The van der Waals surface area contributed by atoms with E-state index in [0.29, 0.717) is 6.54 Å². The molecule has 0 saturated carbocycles. The third-order valence-corrected chi connectivity index (χ3v) is 4.79. The zero-order valence-corrected chi connectivity index (χ0v) is 11.9. The molecule has 1 saturated heterocycles. The lowest BCUT2D eigenvalue weighted by Gasteiger charge is -2.19. The molecule has 2 rings (SSSR count). The summed E-state index contributed by atoms with van der Waals surface area (Å²) in [6.07, 6.45) is -0.131. The quantitative estimate of drug-likeness (QED) is 0.765. The first-order valence-corrected chi connectivity index (χ1v) is 7.26. The number of aliphatic carboxylic acids is 2. The van der Waals surface area contributed by atoms with Crippen molar-refractivity contribution in [1.29, 1.82) is 0 Å². The molecule has 1 aromatic carbocycles. The molecule has 0 aromatic heterocycles. The van der Waals surface area contributed by atoms with Crippen molar-refractivity contribution in [3.8, 4) is 0 Å². The number of carboxylic acid groups (broad SMARTS) is 2. The van der Waals surface area contributed by atoms with E-state index in [4.69, 9.17) is 10.2 Å². The van der Waals surface area contributed by atoms with Gasteiger partial charge in [-0.15, -0.1) is 11.8 Å². The van der Waals surface area contributed by atoms with Crippen molar-refractivity contribution in [2.75, 3.05) is 6.54 Å². The minimum atomic E-state index is -0.983. The van der Waals surface area contributed by atoms with Crippen LogP contribution in [0.1, 0.15) is 12.0 Å². The first-order chi connectivity index (χ1) is 9.47. The average molecular weight is 295 g/mol. The summed E-state index contributed by atoms with van der Waals surface area (Å²) in [5.74, 6) is -2.35. The predicted molar refractivity (Wildman–Crippen MR) is 76.0 cm³/mol. The lowest BCUT2D eigenvalue weighted by molar-refractivity contribution is -0.141. The van der Waals surface area contributed by atoms with Gasteiger partial charge in [0.15, 0.2) is 0 Å². The number of rotatable bonds is 5. The Hall–Kier alpha value is -1.53. The molecule has 1 fully saturated rings. The molecule has 0 bridgehead atoms. The van der Waals surface area contributed by atoms with Gasteiger partial charge in [-0.25, -0.2) is 0 Å². The summed E-state index contributed by atoms with van der Waals surface area (Å²) in [5, 5.41) is 21.0. The lowest BCUT2D eigenvalue weighted by atomic mass is 9.96. The number of thioether (sulfide) groups is 1. The van der Waals surface area contributed by atoms with Gasteiger partial charge >= 0.3 is 11.9 Å². The summed E-state index contributed by atoms with van der Waals surface area (Å²) in [6.45, 7) is 2.51.